The SMILES string of the molecule is CNOc1ccc(-c2ccc(OC(F)(F)F)cc2)cc1CNCCN1CCCC1=O. The molecule has 9 heteroatoms. The van der Waals surface area contributed by atoms with Crippen LogP contribution in [-0.2, 0) is 11.3 Å². The van der Waals surface area contributed by atoms with E-state index in [2.05, 4.69) is 15.5 Å². The van der Waals surface area contributed by atoms with E-state index in [0.29, 0.717) is 31.8 Å². The number of halogens is 3. The van der Waals surface area contributed by atoms with Crippen LogP contribution in [0.5, 0.6) is 11.5 Å². The van der Waals surface area contributed by atoms with Crippen molar-refractivity contribution in [1.29, 1.82) is 0 Å². The second-order valence-corrected chi connectivity index (χ2v) is 6.86. The minimum absolute atomic E-state index is 0.191. The molecule has 6 nitrogen and oxygen atoms in total. The highest BCUT2D eigenvalue weighted by Gasteiger charge is 2.31. The number of likely N-dealkylation sites (tertiary alicyclic amines) is 1. The molecule has 1 amide bonds. The Kier molecular flexibility index (Phi) is 7.17. The van der Waals surface area contributed by atoms with Crippen molar-refractivity contribution in [2.45, 2.75) is 25.7 Å². The van der Waals surface area contributed by atoms with Crippen molar-refractivity contribution < 1.29 is 27.5 Å². The highest BCUT2D eigenvalue weighted by Crippen LogP contribution is 2.29. The van der Waals surface area contributed by atoms with Gasteiger partial charge in [0.2, 0.25) is 5.91 Å². The number of ether oxygens (including phenoxy) is 1. The summed E-state index contributed by atoms with van der Waals surface area (Å²) in [5.41, 5.74) is 5.12. The van der Waals surface area contributed by atoms with Crippen molar-refractivity contribution in [1.82, 2.24) is 15.7 Å². The predicted octanol–water partition coefficient (Wildman–Crippen LogP) is 3.48. The fourth-order valence-electron chi connectivity index (χ4n) is 3.33. The molecule has 0 unspecified atom stereocenters. The Morgan fingerprint density at radius 3 is 2.47 bits per heavy atom. The number of hydrogen-bond acceptors (Lipinski definition) is 5. The summed E-state index contributed by atoms with van der Waals surface area (Å²) < 4.78 is 40.9. The number of alkyl halides is 3. The van der Waals surface area contributed by atoms with Gasteiger partial charge in [-0.2, -0.15) is 5.48 Å². The number of hydrogen-bond donors (Lipinski definition) is 2. The normalized spacial score (nSPS) is 14.3. The zero-order valence-electron chi connectivity index (χ0n) is 16.6. The van der Waals surface area contributed by atoms with Crippen LogP contribution in [0.15, 0.2) is 42.5 Å². The number of benzene rings is 2. The fourth-order valence-corrected chi connectivity index (χ4v) is 3.33. The Labute approximate surface area is 172 Å². The lowest BCUT2D eigenvalue weighted by Crippen LogP contribution is -2.32. The van der Waals surface area contributed by atoms with Crippen LogP contribution in [-0.4, -0.2) is 43.9 Å². The largest absolute Gasteiger partial charge is 0.573 e. The summed E-state index contributed by atoms with van der Waals surface area (Å²) in [4.78, 5) is 19.0. The molecule has 0 radical (unpaired) electrons. The third kappa shape index (κ3) is 6.11. The van der Waals surface area contributed by atoms with Crippen molar-refractivity contribution in [2.75, 3.05) is 26.7 Å². The molecule has 0 saturated carbocycles. The summed E-state index contributed by atoms with van der Waals surface area (Å²) in [6, 6.07) is 11.3. The van der Waals surface area contributed by atoms with Gasteiger partial charge in [-0.05, 0) is 41.8 Å². The molecule has 0 aromatic heterocycles. The Morgan fingerprint density at radius 1 is 1.10 bits per heavy atom. The van der Waals surface area contributed by atoms with Gasteiger partial charge in [-0.3, -0.25) is 4.79 Å². The number of amides is 1. The van der Waals surface area contributed by atoms with Crippen LogP contribution in [0.4, 0.5) is 13.2 Å². The van der Waals surface area contributed by atoms with Crippen molar-refractivity contribution in [2.24, 2.45) is 0 Å². The Balaban J connectivity index is 1.66. The molecule has 2 N–H and O–H groups in total. The zero-order valence-corrected chi connectivity index (χ0v) is 16.6. The van der Waals surface area contributed by atoms with E-state index in [1.807, 2.05) is 17.0 Å². The van der Waals surface area contributed by atoms with E-state index in [1.165, 1.54) is 12.1 Å². The summed E-state index contributed by atoms with van der Waals surface area (Å²) in [5.74, 6) is 0.568. The Morgan fingerprint density at radius 2 is 1.83 bits per heavy atom. The molecular weight excluding hydrogens is 399 g/mol. The maximum atomic E-state index is 12.3. The molecule has 0 bridgehead atoms. The maximum absolute atomic E-state index is 12.3. The van der Waals surface area contributed by atoms with Gasteiger partial charge >= 0.3 is 6.36 Å². The average molecular weight is 423 g/mol. The van der Waals surface area contributed by atoms with E-state index in [-0.39, 0.29) is 11.7 Å². The van der Waals surface area contributed by atoms with Crippen LogP contribution < -0.4 is 20.4 Å². The van der Waals surface area contributed by atoms with E-state index in [1.54, 1.807) is 25.2 Å². The lowest BCUT2D eigenvalue weighted by molar-refractivity contribution is -0.274. The van der Waals surface area contributed by atoms with Crippen molar-refractivity contribution in [3.05, 3.63) is 48.0 Å². The first kappa shape index (κ1) is 21.9. The molecule has 0 atom stereocenters. The van der Waals surface area contributed by atoms with Crippen LogP contribution in [0.3, 0.4) is 0 Å². The molecule has 1 saturated heterocycles. The fraction of sp³-hybridized carbons (Fsp3) is 0.381. The third-order valence-electron chi connectivity index (χ3n) is 4.74. The van der Waals surface area contributed by atoms with E-state index in [0.717, 1.165) is 29.7 Å². The van der Waals surface area contributed by atoms with Gasteiger partial charge in [0.15, 0.2) is 5.75 Å². The Hall–Kier alpha value is -2.78. The average Bonchev–Trinajstić information content (AvgIpc) is 3.11. The van der Waals surface area contributed by atoms with Crippen LogP contribution >= 0.6 is 0 Å². The maximum Gasteiger partial charge on any atom is 0.573 e. The van der Waals surface area contributed by atoms with Crippen LogP contribution in [0.25, 0.3) is 11.1 Å². The molecule has 162 valence electrons. The first-order valence-electron chi connectivity index (χ1n) is 9.67. The summed E-state index contributed by atoms with van der Waals surface area (Å²) in [6.07, 6.45) is -3.19. The van der Waals surface area contributed by atoms with Crippen LogP contribution in [0.2, 0.25) is 0 Å². The van der Waals surface area contributed by atoms with E-state index >= 15 is 0 Å². The number of nitrogens with one attached hydrogen (secondary N) is 2. The second kappa shape index (κ2) is 9.82. The lowest BCUT2D eigenvalue weighted by atomic mass is 10.0. The van der Waals surface area contributed by atoms with Gasteiger partial charge in [0.1, 0.15) is 5.75 Å². The molecule has 1 fully saturated rings. The number of carbonyl (C=O) groups excluding carboxylic acids is 1. The lowest BCUT2D eigenvalue weighted by Gasteiger charge is -2.17. The first-order chi connectivity index (χ1) is 14.4. The molecule has 1 aliphatic rings. The van der Waals surface area contributed by atoms with Gasteiger partial charge in [0.05, 0.1) is 0 Å². The number of carbonyl (C=O) groups is 1. The van der Waals surface area contributed by atoms with Gasteiger partial charge < -0.3 is 19.8 Å². The number of rotatable bonds is 9. The number of nitrogens with zero attached hydrogens (tertiary/aromatic N) is 1. The molecule has 3 rings (SSSR count). The highest BCUT2D eigenvalue weighted by molar-refractivity contribution is 5.78. The molecule has 0 spiro atoms. The van der Waals surface area contributed by atoms with E-state index in [9.17, 15) is 18.0 Å². The second-order valence-electron chi connectivity index (χ2n) is 6.86. The predicted molar refractivity (Wildman–Crippen MR) is 106 cm³/mol. The van der Waals surface area contributed by atoms with Crippen molar-refractivity contribution in [3.63, 3.8) is 0 Å². The molecule has 1 aliphatic heterocycles. The van der Waals surface area contributed by atoms with Gasteiger partial charge in [0.25, 0.3) is 0 Å². The zero-order chi connectivity index (χ0) is 21.6. The summed E-state index contributed by atoms with van der Waals surface area (Å²) >= 11 is 0. The molecule has 2 aromatic carbocycles. The van der Waals surface area contributed by atoms with Crippen LogP contribution in [0, 0.1) is 0 Å². The molecule has 2 aromatic rings. The summed E-state index contributed by atoms with van der Waals surface area (Å²) in [6.45, 7) is 2.63. The van der Waals surface area contributed by atoms with Gasteiger partial charge in [-0.25, -0.2) is 0 Å². The van der Waals surface area contributed by atoms with Crippen LogP contribution in [0.1, 0.15) is 18.4 Å². The van der Waals surface area contributed by atoms with E-state index in [4.69, 9.17) is 4.84 Å². The topological polar surface area (TPSA) is 62.8 Å². The van der Waals surface area contributed by atoms with Gasteiger partial charge in [0, 0.05) is 45.2 Å². The molecule has 0 aliphatic carbocycles. The third-order valence-corrected chi connectivity index (χ3v) is 4.74. The highest BCUT2D eigenvalue weighted by atomic mass is 19.4. The molecular formula is C21H24F3N3O3. The molecule has 1 heterocycles. The summed E-state index contributed by atoms with van der Waals surface area (Å²) in [5, 5.41) is 3.31. The smallest absolute Gasteiger partial charge is 0.409 e. The summed E-state index contributed by atoms with van der Waals surface area (Å²) in [7, 11) is 1.66. The minimum atomic E-state index is -4.72. The number of hydroxylamine groups is 1. The Bertz CT molecular complexity index is 857. The van der Waals surface area contributed by atoms with Crippen molar-refractivity contribution >= 4 is 5.91 Å². The van der Waals surface area contributed by atoms with Crippen molar-refractivity contribution in [3.8, 4) is 22.6 Å². The van der Waals surface area contributed by atoms with Gasteiger partial charge in [-0.15, -0.1) is 13.2 Å². The molecule has 30 heavy (non-hydrogen) atoms. The minimum Gasteiger partial charge on any atom is -0.409 e. The van der Waals surface area contributed by atoms with Gasteiger partial charge in [-0.1, -0.05) is 18.2 Å². The monoisotopic (exact) mass is 423 g/mol. The first-order valence-corrected chi connectivity index (χ1v) is 9.67. The standard InChI is InChI=1S/C21H24F3N3O3/c1-25-30-19-9-6-16(15-4-7-18(8-5-15)29-21(22,23)24)13-17(19)14-26-10-12-27-11-2-3-20(27)28/h4-9,13,25-26H,2-3,10-12,14H2,1H3. The quantitative estimate of drug-likeness (QED) is 0.478. The van der Waals surface area contributed by atoms with E-state index < -0.39 is 6.36 Å².